The highest BCUT2D eigenvalue weighted by Gasteiger charge is 2.42. The maximum Gasteiger partial charge on any atom is 0.251 e. The van der Waals surface area contributed by atoms with Crippen molar-refractivity contribution in [2.45, 2.75) is 38.6 Å². The summed E-state index contributed by atoms with van der Waals surface area (Å²) in [5, 5.41) is 30.9. The van der Waals surface area contributed by atoms with Gasteiger partial charge >= 0.3 is 0 Å². The summed E-state index contributed by atoms with van der Waals surface area (Å²) in [6.45, 7) is 3.72. The number of amides is 2. The molecule has 1 aromatic rings. The standard InChI is InChI=1S/C18H22BrN3O4/c1-10(2)15(21-16(23)12-3-5-13(19)6-4-12)17(24)22-9-11(8-20)7-14(22)18(25)26/h3-6,10-11,14-15,18,25-26H,7,9H2,1-2H3,(H,21,23)/t11-,14-,15-/m0/s1. The molecule has 1 heterocycles. The van der Waals surface area contributed by atoms with Crippen molar-refractivity contribution >= 4 is 27.7 Å². The molecule has 140 valence electrons. The van der Waals surface area contributed by atoms with Crippen LogP contribution in [0.3, 0.4) is 0 Å². The first-order valence-electron chi connectivity index (χ1n) is 8.37. The molecule has 0 bridgehead atoms. The molecular formula is C18H22BrN3O4. The van der Waals surface area contributed by atoms with Crippen molar-refractivity contribution in [2.24, 2.45) is 11.8 Å². The molecule has 26 heavy (non-hydrogen) atoms. The lowest BCUT2D eigenvalue weighted by Gasteiger charge is -2.31. The van der Waals surface area contributed by atoms with Crippen LogP contribution in [-0.2, 0) is 4.79 Å². The Morgan fingerprint density at radius 2 is 1.92 bits per heavy atom. The highest BCUT2D eigenvalue weighted by Crippen LogP contribution is 2.26. The van der Waals surface area contributed by atoms with Crippen molar-refractivity contribution in [3.8, 4) is 6.07 Å². The molecule has 2 rings (SSSR count). The molecule has 7 nitrogen and oxygen atoms in total. The number of likely N-dealkylation sites (tertiary alicyclic amines) is 1. The smallest absolute Gasteiger partial charge is 0.251 e. The summed E-state index contributed by atoms with van der Waals surface area (Å²) in [4.78, 5) is 26.7. The average molecular weight is 424 g/mol. The fourth-order valence-corrected chi connectivity index (χ4v) is 3.28. The van der Waals surface area contributed by atoms with E-state index in [1.807, 2.05) is 0 Å². The fraction of sp³-hybridized carbons (Fsp3) is 0.500. The van der Waals surface area contributed by atoms with Crippen molar-refractivity contribution in [2.75, 3.05) is 6.54 Å². The Morgan fingerprint density at radius 3 is 2.42 bits per heavy atom. The number of benzene rings is 1. The summed E-state index contributed by atoms with van der Waals surface area (Å²) in [6, 6.07) is 7.14. The van der Waals surface area contributed by atoms with Gasteiger partial charge in [-0.05, 0) is 36.6 Å². The summed E-state index contributed by atoms with van der Waals surface area (Å²) in [6.07, 6.45) is -1.53. The molecule has 1 aromatic carbocycles. The number of rotatable bonds is 5. The average Bonchev–Trinajstić information content (AvgIpc) is 3.04. The van der Waals surface area contributed by atoms with Crippen molar-refractivity contribution in [1.29, 1.82) is 5.26 Å². The van der Waals surface area contributed by atoms with Crippen LogP contribution < -0.4 is 5.32 Å². The Labute approximate surface area is 160 Å². The molecule has 3 atom stereocenters. The molecule has 0 saturated carbocycles. The molecule has 3 N–H and O–H groups in total. The molecular weight excluding hydrogens is 402 g/mol. The van der Waals surface area contributed by atoms with Gasteiger partial charge in [0.15, 0.2) is 6.29 Å². The number of nitrogens with zero attached hydrogens (tertiary/aromatic N) is 2. The van der Waals surface area contributed by atoms with Gasteiger partial charge in [-0.2, -0.15) is 5.26 Å². The number of halogens is 1. The monoisotopic (exact) mass is 423 g/mol. The van der Waals surface area contributed by atoms with Gasteiger partial charge in [0.2, 0.25) is 5.91 Å². The van der Waals surface area contributed by atoms with E-state index in [1.165, 1.54) is 4.90 Å². The van der Waals surface area contributed by atoms with Gasteiger partial charge in [-0.1, -0.05) is 29.8 Å². The fourth-order valence-electron chi connectivity index (χ4n) is 3.01. The number of hydrogen-bond donors (Lipinski definition) is 3. The van der Waals surface area contributed by atoms with E-state index < -0.39 is 30.2 Å². The van der Waals surface area contributed by atoms with Crippen LogP contribution in [0.1, 0.15) is 30.6 Å². The number of aliphatic hydroxyl groups is 2. The maximum absolute atomic E-state index is 13.0. The number of hydrogen-bond acceptors (Lipinski definition) is 5. The van der Waals surface area contributed by atoms with E-state index >= 15 is 0 Å². The van der Waals surface area contributed by atoms with Gasteiger partial charge in [0.05, 0.1) is 18.0 Å². The largest absolute Gasteiger partial charge is 0.366 e. The molecule has 1 aliphatic heterocycles. The zero-order chi connectivity index (χ0) is 19.4. The quantitative estimate of drug-likeness (QED) is 0.616. The second kappa shape index (κ2) is 8.62. The van der Waals surface area contributed by atoms with Crippen LogP contribution in [0, 0.1) is 23.2 Å². The minimum absolute atomic E-state index is 0.120. The van der Waals surface area contributed by atoms with Crippen LogP contribution >= 0.6 is 15.9 Å². The van der Waals surface area contributed by atoms with E-state index in [9.17, 15) is 19.8 Å². The van der Waals surface area contributed by atoms with Crippen molar-refractivity contribution in [3.63, 3.8) is 0 Å². The molecule has 0 aliphatic carbocycles. The molecule has 0 unspecified atom stereocenters. The molecule has 1 aliphatic rings. The molecule has 0 spiro atoms. The van der Waals surface area contributed by atoms with E-state index in [0.29, 0.717) is 5.56 Å². The molecule has 0 aromatic heterocycles. The normalized spacial score (nSPS) is 20.9. The van der Waals surface area contributed by atoms with Gasteiger partial charge in [-0.3, -0.25) is 9.59 Å². The zero-order valence-electron chi connectivity index (χ0n) is 14.6. The highest BCUT2D eigenvalue weighted by molar-refractivity contribution is 9.10. The van der Waals surface area contributed by atoms with Gasteiger partial charge in [0.1, 0.15) is 6.04 Å². The van der Waals surface area contributed by atoms with Crippen LogP contribution in [-0.4, -0.2) is 51.8 Å². The van der Waals surface area contributed by atoms with Crippen LogP contribution in [0.15, 0.2) is 28.7 Å². The third-order valence-corrected chi connectivity index (χ3v) is 5.01. The van der Waals surface area contributed by atoms with Crippen LogP contribution in [0.25, 0.3) is 0 Å². The first-order valence-corrected chi connectivity index (χ1v) is 9.16. The first-order chi connectivity index (χ1) is 12.2. The zero-order valence-corrected chi connectivity index (χ0v) is 16.2. The van der Waals surface area contributed by atoms with Crippen LogP contribution in [0.5, 0.6) is 0 Å². The van der Waals surface area contributed by atoms with Crippen molar-refractivity contribution in [3.05, 3.63) is 34.3 Å². The summed E-state index contributed by atoms with van der Waals surface area (Å²) in [7, 11) is 0. The molecule has 1 fully saturated rings. The Hall–Kier alpha value is -1.95. The third kappa shape index (κ3) is 4.61. The second-order valence-corrected chi connectivity index (χ2v) is 7.65. The summed E-state index contributed by atoms with van der Waals surface area (Å²) < 4.78 is 0.838. The minimum atomic E-state index is -1.73. The van der Waals surface area contributed by atoms with Gasteiger partial charge < -0.3 is 20.4 Å². The van der Waals surface area contributed by atoms with Crippen LogP contribution in [0.4, 0.5) is 0 Å². The predicted molar refractivity (Wildman–Crippen MR) is 97.7 cm³/mol. The molecule has 1 saturated heterocycles. The highest BCUT2D eigenvalue weighted by atomic mass is 79.9. The van der Waals surface area contributed by atoms with Crippen LogP contribution in [0.2, 0.25) is 0 Å². The van der Waals surface area contributed by atoms with Gasteiger partial charge in [0.25, 0.3) is 5.91 Å². The lowest BCUT2D eigenvalue weighted by molar-refractivity contribution is -0.146. The number of aliphatic hydroxyl groups excluding tert-OH is 1. The first kappa shape index (κ1) is 20.4. The van der Waals surface area contributed by atoms with Crippen molar-refractivity contribution < 1.29 is 19.8 Å². The summed E-state index contributed by atoms with van der Waals surface area (Å²) >= 11 is 3.30. The van der Waals surface area contributed by atoms with E-state index in [0.717, 1.165) is 4.47 Å². The maximum atomic E-state index is 13.0. The molecule has 2 amide bonds. The number of carbonyl (C=O) groups is 2. The van der Waals surface area contributed by atoms with E-state index in [4.69, 9.17) is 5.26 Å². The third-order valence-electron chi connectivity index (χ3n) is 4.48. The van der Waals surface area contributed by atoms with E-state index in [2.05, 4.69) is 27.3 Å². The SMILES string of the molecule is CC(C)[C@H](NC(=O)c1ccc(Br)cc1)C(=O)N1C[C@H](C#N)C[C@H]1C(O)O. The second-order valence-electron chi connectivity index (χ2n) is 6.74. The summed E-state index contributed by atoms with van der Waals surface area (Å²) in [5.41, 5.74) is 0.418. The summed E-state index contributed by atoms with van der Waals surface area (Å²) in [5.74, 6) is -1.47. The Bertz CT molecular complexity index is 699. The number of nitrogens with one attached hydrogen (secondary N) is 1. The Morgan fingerprint density at radius 1 is 1.31 bits per heavy atom. The van der Waals surface area contributed by atoms with E-state index in [-0.39, 0.29) is 24.8 Å². The number of nitriles is 1. The predicted octanol–water partition coefficient (Wildman–Crippen LogP) is 1.25. The molecule has 8 heteroatoms. The van der Waals surface area contributed by atoms with Gasteiger partial charge in [-0.25, -0.2) is 0 Å². The molecule has 0 radical (unpaired) electrons. The van der Waals surface area contributed by atoms with E-state index in [1.54, 1.807) is 38.1 Å². The van der Waals surface area contributed by atoms with Gasteiger partial charge in [0, 0.05) is 16.6 Å². The van der Waals surface area contributed by atoms with Crippen molar-refractivity contribution in [1.82, 2.24) is 10.2 Å². The Kier molecular flexibility index (Phi) is 6.75. The lowest BCUT2D eigenvalue weighted by Crippen LogP contribution is -2.54. The number of carbonyl (C=O) groups excluding carboxylic acids is 2. The Balaban J connectivity index is 2.18. The van der Waals surface area contributed by atoms with Gasteiger partial charge in [-0.15, -0.1) is 0 Å². The minimum Gasteiger partial charge on any atom is -0.366 e. The lowest BCUT2D eigenvalue weighted by atomic mass is 10.0. The topological polar surface area (TPSA) is 114 Å².